The van der Waals surface area contributed by atoms with E-state index in [4.69, 9.17) is 26.2 Å². The van der Waals surface area contributed by atoms with Gasteiger partial charge in [-0.05, 0) is 110 Å². The smallest absolute Gasteiger partial charge is 0.150 e. The zero-order valence-electron chi connectivity index (χ0n) is 20.0. The summed E-state index contributed by atoms with van der Waals surface area (Å²) in [7, 11) is 0. The third-order valence-corrected chi connectivity index (χ3v) is 8.30. The van der Waals surface area contributed by atoms with Crippen molar-refractivity contribution in [1.82, 2.24) is 0 Å². The largest absolute Gasteiger partial charge is 0.455 e. The van der Waals surface area contributed by atoms with Gasteiger partial charge in [0, 0.05) is 6.07 Å². The van der Waals surface area contributed by atoms with E-state index >= 15 is 0 Å². The van der Waals surface area contributed by atoms with Crippen molar-refractivity contribution in [3.8, 4) is 35.1 Å². The van der Waals surface area contributed by atoms with Gasteiger partial charge in [-0.1, -0.05) is 6.07 Å². The molecule has 36 heavy (non-hydrogen) atoms. The van der Waals surface area contributed by atoms with E-state index in [2.05, 4.69) is 18.2 Å². The van der Waals surface area contributed by atoms with E-state index in [1.54, 1.807) is 36.4 Å². The molecule has 7 rings (SSSR count). The highest BCUT2D eigenvalue weighted by Gasteiger charge is 2.49. The molecule has 0 aromatic heterocycles. The molecule has 6 nitrogen and oxygen atoms in total. The fourth-order valence-electron chi connectivity index (χ4n) is 7.04. The summed E-state index contributed by atoms with van der Waals surface area (Å²) in [5.41, 5.74) is 15.4. The van der Waals surface area contributed by atoms with Crippen LogP contribution in [0.3, 0.4) is 0 Å². The summed E-state index contributed by atoms with van der Waals surface area (Å²) in [6.45, 7) is 0. The average Bonchev–Trinajstić information content (AvgIpc) is 2.87. The molecule has 0 saturated heterocycles. The van der Waals surface area contributed by atoms with Gasteiger partial charge in [0.15, 0.2) is 0 Å². The van der Waals surface area contributed by atoms with Crippen LogP contribution >= 0.6 is 0 Å². The molecule has 4 N–H and O–H groups in total. The Kier molecular flexibility index (Phi) is 5.46. The second-order valence-corrected chi connectivity index (χ2v) is 10.6. The predicted molar refractivity (Wildman–Crippen MR) is 138 cm³/mol. The zero-order chi connectivity index (χ0) is 24.8. The molecule has 0 heterocycles. The molecule has 4 bridgehead atoms. The topological polar surface area (TPSA) is 118 Å². The van der Waals surface area contributed by atoms with Crippen LogP contribution in [0.4, 0.5) is 11.4 Å². The van der Waals surface area contributed by atoms with Gasteiger partial charge < -0.3 is 20.9 Å². The molecule has 0 amide bonds. The van der Waals surface area contributed by atoms with Crippen molar-refractivity contribution in [3.63, 3.8) is 0 Å². The fourth-order valence-corrected chi connectivity index (χ4v) is 7.04. The molecule has 0 spiro atoms. The van der Waals surface area contributed by atoms with Crippen molar-refractivity contribution >= 4 is 11.4 Å². The number of hydrogen-bond donors (Lipinski definition) is 2. The fraction of sp³-hybridized carbons (Fsp3) is 0.333. The minimum Gasteiger partial charge on any atom is -0.455 e. The van der Waals surface area contributed by atoms with Crippen LogP contribution in [-0.2, 0) is 0 Å². The Hall–Kier alpha value is -4.16. The summed E-state index contributed by atoms with van der Waals surface area (Å²) in [5.74, 6) is 5.92. The van der Waals surface area contributed by atoms with Crippen LogP contribution in [-0.4, -0.2) is 0 Å². The van der Waals surface area contributed by atoms with Gasteiger partial charge in [-0.2, -0.15) is 10.5 Å². The molecule has 4 aliphatic carbocycles. The first-order valence-corrected chi connectivity index (χ1v) is 12.6. The van der Waals surface area contributed by atoms with Gasteiger partial charge in [0.1, 0.15) is 23.0 Å². The van der Waals surface area contributed by atoms with E-state index in [1.807, 2.05) is 12.1 Å². The molecule has 0 radical (unpaired) electrons. The molecular weight excluding hydrogens is 448 g/mol. The minimum absolute atomic E-state index is 0.401. The van der Waals surface area contributed by atoms with Gasteiger partial charge in [-0.25, -0.2) is 0 Å². The van der Waals surface area contributed by atoms with Crippen LogP contribution < -0.4 is 20.9 Å². The lowest BCUT2D eigenvalue weighted by atomic mass is 9.50. The lowest BCUT2D eigenvalue weighted by molar-refractivity contribution is -0.00336. The average molecular weight is 477 g/mol. The number of hydrogen-bond acceptors (Lipinski definition) is 6. The number of benzene rings is 3. The first-order chi connectivity index (χ1) is 17.5. The summed E-state index contributed by atoms with van der Waals surface area (Å²) in [6, 6.07) is 20.3. The van der Waals surface area contributed by atoms with Crippen molar-refractivity contribution in [2.75, 3.05) is 11.5 Å². The molecule has 0 atom stereocenters. The second-order valence-electron chi connectivity index (χ2n) is 10.6. The van der Waals surface area contributed by atoms with Crippen LogP contribution in [0.25, 0.3) is 0 Å². The zero-order valence-corrected chi connectivity index (χ0v) is 20.0. The highest BCUT2D eigenvalue weighted by Crippen LogP contribution is 2.61. The molecule has 180 valence electrons. The number of ether oxygens (including phenoxy) is 2. The Balaban J connectivity index is 1.37. The van der Waals surface area contributed by atoms with Gasteiger partial charge in [0.05, 0.1) is 34.6 Å². The van der Waals surface area contributed by atoms with Crippen molar-refractivity contribution in [3.05, 3.63) is 71.3 Å². The van der Waals surface area contributed by atoms with E-state index in [1.165, 1.54) is 37.7 Å². The van der Waals surface area contributed by atoms with Crippen LogP contribution in [0.5, 0.6) is 23.0 Å². The number of anilines is 2. The SMILES string of the molecule is N#Cc1ccc(Oc2ccc(C3C4CC5CC(C4)CC3C5)c(Oc3ccc(C#N)cc3N)c2)c(N)c1. The number of nitriles is 2. The first-order valence-electron chi connectivity index (χ1n) is 12.6. The Morgan fingerprint density at radius 1 is 0.639 bits per heavy atom. The summed E-state index contributed by atoms with van der Waals surface area (Å²) in [4.78, 5) is 0. The van der Waals surface area contributed by atoms with E-state index < -0.39 is 0 Å². The number of rotatable bonds is 5. The van der Waals surface area contributed by atoms with Crippen molar-refractivity contribution < 1.29 is 9.47 Å². The monoisotopic (exact) mass is 476 g/mol. The highest BCUT2D eigenvalue weighted by atomic mass is 16.5. The van der Waals surface area contributed by atoms with Crippen molar-refractivity contribution in [2.45, 2.75) is 38.0 Å². The summed E-state index contributed by atoms with van der Waals surface area (Å²) < 4.78 is 12.6. The lowest BCUT2D eigenvalue weighted by Gasteiger charge is -2.54. The Labute approximate surface area is 211 Å². The summed E-state index contributed by atoms with van der Waals surface area (Å²) in [5, 5.41) is 18.3. The third kappa shape index (κ3) is 3.99. The molecular formula is C30H28N4O2. The number of nitrogens with two attached hydrogens (primary N) is 2. The Bertz CT molecular complexity index is 1390. The van der Waals surface area contributed by atoms with E-state index in [9.17, 15) is 5.26 Å². The van der Waals surface area contributed by atoms with Gasteiger partial charge in [-0.3, -0.25) is 0 Å². The van der Waals surface area contributed by atoms with E-state index in [-0.39, 0.29) is 0 Å². The summed E-state index contributed by atoms with van der Waals surface area (Å²) >= 11 is 0. The quantitative estimate of drug-likeness (QED) is 0.395. The van der Waals surface area contributed by atoms with Crippen LogP contribution in [0.1, 0.15) is 54.7 Å². The third-order valence-electron chi connectivity index (χ3n) is 8.30. The maximum absolute atomic E-state index is 9.21. The normalized spacial score (nSPS) is 25.7. The van der Waals surface area contributed by atoms with Crippen LogP contribution in [0.15, 0.2) is 54.6 Å². The molecule has 3 aromatic carbocycles. The minimum atomic E-state index is 0.401. The van der Waals surface area contributed by atoms with Crippen LogP contribution in [0.2, 0.25) is 0 Å². The van der Waals surface area contributed by atoms with Crippen LogP contribution in [0, 0.1) is 46.3 Å². The molecule has 0 aliphatic heterocycles. The molecule has 4 fully saturated rings. The van der Waals surface area contributed by atoms with Gasteiger partial charge >= 0.3 is 0 Å². The van der Waals surface area contributed by atoms with Crippen molar-refractivity contribution in [1.29, 1.82) is 10.5 Å². The number of nitrogen functional groups attached to an aromatic ring is 2. The van der Waals surface area contributed by atoms with E-state index in [0.29, 0.717) is 57.5 Å². The molecule has 3 aromatic rings. The maximum Gasteiger partial charge on any atom is 0.150 e. The lowest BCUT2D eigenvalue weighted by Crippen LogP contribution is -2.43. The molecule has 0 unspecified atom stereocenters. The maximum atomic E-state index is 9.21. The van der Waals surface area contributed by atoms with Gasteiger partial charge in [0.25, 0.3) is 0 Å². The molecule has 4 aliphatic rings. The van der Waals surface area contributed by atoms with E-state index in [0.717, 1.165) is 17.6 Å². The van der Waals surface area contributed by atoms with Gasteiger partial charge in [0.2, 0.25) is 0 Å². The summed E-state index contributed by atoms with van der Waals surface area (Å²) in [6.07, 6.45) is 6.61. The van der Waals surface area contributed by atoms with Gasteiger partial charge in [-0.15, -0.1) is 0 Å². The standard InChI is InChI=1S/C30H28N4O2/c31-15-17-1-5-27(25(33)12-17)35-23-3-4-24(30-21-8-19-7-20(10-21)11-22(30)9-19)29(14-23)36-28-6-2-18(16-32)13-26(28)34/h1-6,12-14,19-22,30H,7-11,33-34H2. The molecule has 4 saturated carbocycles. The first kappa shape index (κ1) is 22.3. The molecule has 6 heteroatoms. The highest BCUT2D eigenvalue weighted by molar-refractivity contribution is 5.60. The second kappa shape index (κ2) is 8.81. The number of nitrogens with zero attached hydrogens (tertiary/aromatic N) is 2. The van der Waals surface area contributed by atoms with Crippen molar-refractivity contribution in [2.24, 2.45) is 23.7 Å². The Morgan fingerprint density at radius 2 is 1.19 bits per heavy atom. The Morgan fingerprint density at radius 3 is 1.72 bits per heavy atom. The predicted octanol–water partition coefficient (Wildman–Crippen LogP) is 6.72.